The van der Waals surface area contributed by atoms with Gasteiger partial charge in [0.25, 0.3) is 10.0 Å². The van der Waals surface area contributed by atoms with Crippen LogP contribution in [0, 0.1) is 5.92 Å². The number of benzene rings is 1. The molecule has 0 atom stereocenters. The highest BCUT2D eigenvalue weighted by atomic mass is 32.2. The Morgan fingerprint density at radius 3 is 2.72 bits per heavy atom. The zero-order chi connectivity index (χ0) is 17.9. The van der Waals surface area contributed by atoms with E-state index in [-0.39, 0.29) is 23.3 Å². The molecule has 0 spiro atoms. The molecule has 0 aliphatic heterocycles. The van der Waals surface area contributed by atoms with Crippen LogP contribution in [-0.4, -0.2) is 32.5 Å². The SMILES string of the molecule is COC1CCC(CC(=O)NS(=O)(=O)c2cccc3cnccc23)CC1. The average molecular weight is 362 g/mol. The lowest BCUT2D eigenvalue weighted by Crippen LogP contribution is -2.33. The van der Waals surface area contributed by atoms with Crippen molar-refractivity contribution >= 4 is 26.7 Å². The predicted molar refractivity (Wildman–Crippen MR) is 94.4 cm³/mol. The van der Waals surface area contributed by atoms with Crippen molar-refractivity contribution in [2.75, 3.05) is 7.11 Å². The molecule has 1 fully saturated rings. The molecule has 134 valence electrons. The maximum absolute atomic E-state index is 12.6. The molecule has 2 aromatic rings. The zero-order valence-corrected chi connectivity index (χ0v) is 15.0. The highest BCUT2D eigenvalue weighted by Gasteiger charge is 2.25. The largest absolute Gasteiger partial charge is 0.381 e. The number of nitrogens with one attached hydrogen (secondary N) is 1. The van der Waals surface area contributed by atoms with Crippen LogP contribution in [-0.2, 0) is 19.6 Å². The van der Waals surface area contributed by atoms with Gasteiger partial charge in [0.05, 0.1) is 11.0 Å². The second-order valence-electron chi connectivity index (χ2n) is 6.46. The summed E-state index contributed by atoms with van der Waals surface area (Å²) in [6.45, 7) is 0. The number of sulfonamides is 1. The molecule has 0 radical (unpaired) electrons. The first-order valence-electron chi connectivity index (χ1n) is 8.41. The van der Waals surface area contributed by atoms with Crippen LogP contribution in [0.3, 0.4) is 0 Å². The molecule has 0 saturated heterocycles. The van der Waals surface area contributed by atoms with Crippen molar-refractivity contribution in [3.05, 3.63) is 36.7 Å². The van der Waals surface area contributed by atoms with Gasteiger partial charge in [-0.25, -0.2) is 13.1 Å². The fourth-order valence-corrected chi connectivity index (χ4v) is 4.63. The summed E-state index contributed by atoms with van der Waals surface area (Å²) in [6, 6.07) is 6.58. The molecule has 1 aromatic heterocycles. The summed E-state index contributed by atoms with van der Waals surface area (Å²) in [4.78, 5) is 16.3. The van der Waals surface area contributed by atoms with E-state index in [2.05, 4.69) is 9.71 Å². The lowest BCUT2D eigenvalue weighted by atomic mass is 9.85. The smallest absolute Gasteiger partial charge is 0.264 e. The number of carbonyl (C=O) groups is 1. The van der Waals surface area contributed by atoms with E-state index < -0.39 is 15.9 Å². The van der Waals surface area contributed by atoms with Crippen molar-refractivity contribution < 1.29 is 17.9 Å². The van der Waals surface area contributed by atoms with Gasteiger partial charge in [0.15, 0.2) is 0 Å². The molecular weight excluding hydrogens is 340 g/mol. The molecule has 0 unspecified atom stereocenters. The van der Waals surface area contributed by atoms with Crippen molar-refractivity contribution in [1.82, 2.24) is 9.71 Å². The van der Waals surface area contributed by atoms with E-state index in [1.54, 1.807) is 31.5 Å². The molecule has 1 aliphatic rings. The molecule has 1 N–H and O–H groups in total. The number of hydrogen-bond acceptors (Lipinski definition) is 5. The lowest BCUT2D eigenvalue weighted by molar-refractivity contribution is -0.120. The van der Waals surface area contributed by atoms with Gasteiger partial charge in [-0.3, -0.25) is 9.78 Å². The van der Waals surface area contributed by atoms with Gasteiger partial charge in [-0.2, -0.15) is 0 Å². The van der Waals surface area contributed by atoms with Gasteiger partial charge in [0, 0.05) is 36.7 Å². The van der Waals surface area contributed by atoms with Crippen LogP contribution in [0.1, 0.15) is 32.1 Å². The average Bonchev–Trinajstić information content (AvgIpc) is 2.61. The highest BCUT2D eigenvalue weighted by molar-refractivity contribution is 7.90. The summed E-state index contributed by atoms with van der Waals surface area (Å²) >= 11 is 0. The maximum atomic E-state index is 12.6. The number of methoxy groups -OCH3 is 1. The Morgan fingerprint density at radius 2 is 2.00 bits per heavy atom. The van der Waals surface area contributed by atoms with Gasteiger partial charge in [0.1, 0.15) is 0 Å². The van der Waals surface area contributed by atoms with E-state index >= 15 is 0 Å². The third kappa shape index (κ3) is 4.16. The Labute approximate surface area is 147 Å². The standard InChI is InChI=1S/C18H22N2O4S/c1-24-15-7-5-13(6-8-15)11-18(21)20-25(22,23)17-4-2-3-14-12-19-10-9-16(14)17/h2-4,9-10,12-13,15H,5-8,11H2,1H3,(H,20,21). The molecule has 1 aliphatic carbocycles. The van der Waals surface area contributed by atoms with Crippen LogP contribution in [0.4, 0.5) is 0 Å². The van der Waals surface area contributed by atoms with Crippen LogP contribution in [0.2, 0.25) is 0 Å². The van der Waals surface area contributed by atoms with Gasteiger partial charge in [-0.15, -0.1) is 0 Å². The van der Waals surface area contributed by atoms with Gasteiger partial charge in [-0.1, -0.05) is 12.1 Å². The third-order valence-electron chi connectivity index (χ3n) is 4.78. The van der Waals surface area contributed by atoms with E-state index in [9.17, 15) is 13.2 Å². The Hall–Kier alpha value is -1.99. The molecule has 1 heterocycles. The molecule has 3 rings (SSSR count). The number of ether oxygens (including phenoxy) is 1. The van der Waals surface area contributed by atoms with Gasteiger partial charge in [0.2, 0.25) is 5.91 Å². The number of aromatic nitrogens is 1. The summed E-state index contributed by atoms with van der Waals surface area (Å²) in [5, 5.41) is 1.27. The zero-order valence-electron chi connectivity index (χ0n) is 14.1. The number of hydrogen-bond donors (Lipinski definition) is 1. The number of fused-ring (bicyclic) bond motifs is 1. The van der Waals surface area contributed by atoms with Crippen LogP contribution >= 0.6 is 0 Å². The summed E-state index contributed by atoms with van der Waals surface area (Å²) in [5.74, 6) is -0.245. The van der Waals surface area contributed by atoms with Crippen molar-refractivity contribution in [2.24, 2.45) is 5.92 Å². The Kier molecular flexibility index (Phi) is 5.34. The third-order valence-corrected chi connectivity index (χ3v) is 6.21. The van der Waals surface area contributed by atoms with E-state index in [1.165, 1.54) is 12.3 Å². The van der Waals surface area contributed by atoms with Crippen molar-refractivity contribution in [1.29, 1.82) is 0 Å². The topological polar surface area (TPSA) is 85.4 Å². The number of carbonyl (C=O) groups excluding carboxylic acids is 1. The van der Waals surface area contributed by atoms with Crippen LogP contribution in [0.15, 0.2) is 41.6 Å². The summed E-state index contributed by atoms with van der Waals surface area (Å²) < 4.78 is 32.8. The number of nitrogens with zero attached hydrogens (tertiary/aromatic N) is 1. The van der Waals surface area contributed by atoms with Gasteiger partial charge < -0.3 is 4.74 Å². The summed E-state index contributed by atoms with van der Waals surface area (Å²) in [7, 11) is -2.21. The molecule has 7 heteroatoms. The summed E-state index contributed by atoms with van der Waals surface area (Å²) in [6.07, 6.45) is 7.21. The molecule has 25 heavy (non-hydrogen) atoms. The molecule has 6 nitrogen and oxygen atoms in total. The molecule has 1 aromatic carbocycles. The van der Waals surface area contributed by atoms with Crippen LogP contribution < -0.4 is 4.72 Å². The van der Waals surface area contributed by atoms with E-state index in [0.717, 1.165) is 31.1 Å². The normalized spacial score (nSPS) is 21.2. The van der Waals surface area contributed by atoms with E-state index in [4.69, 9.17) is 4.74 Å². The van der Waals surface area contributed by atoms with Crippen molar-refractivity contribution in [3.63, 3.8) is 0 Å². The second kappa shape index (κ2) is 7.49. The van der Waals surface area contributed by atoms with Gasteiger partial charge in [-0.05, 0) is 43.7 Å². The maximum Gasteiger partial charge on any atom is 0.264 e. The predicted octanol–water partition coefficient (Wildman–Crippen LogP) is 2.64. The van der Waals surface area contributed by atoms with Crippen LogP contribution in [0.25, 0.3) is 10.8 Å². The minimum Gasteiger partial charge on any atom is -0.381 e. The Bertz CT molecular complexity index is 853. The Morgan fingerprint density at radius 1 is 1.24 bits per heavy atom. The number of pyridine rings is 1. The van der Waals surface area contributed by atoms with Crippen molar-refractivity contribution in [2.45, 2.75) is 43.1 Å². The monoisotopic (exact) mass is 362 g/mol. The Balaban J connectivity index is 1.70. The van der Waals surface area contributed by atoms with Gasteiger partial charge >= 0.3 is 0 Å². The first-order valence-corrected chi connectivity index (χ1v) is 9.89. The number of rotatable bonds is 5. The molecule has 1 amide bonds. The fourth-order valence-electron chi connectivity index (χ4n) is 3.41. The van der Waals surface area contributed by atoms with Crippen molar-refractivity contribution in [3.8, 4) is 0 Å². The van der Waals surface area contributed by atoms with E-state index in [1.807, 2.05) is 0 Å². The van der Waals surface area contributed by atoms with Crippen LogP contribution in [0.5, 0.6) is 0 Å². The van der Waals surface area contributed by atoms with E-state index in [0.29, 0.717) is 5.39 Å². The molecular formula is C18H22N2O4S. The first-order chi connectivity index (χ1) is 12.0. The lowest BCUT2D eigenvalue weighted by Gasteiger charge is -2.27. The quantitative estimate of drug-likeness (QED) is 0.884. The first kappa shape index (κ1) is 17.8. The minimum absolute atomic E-state index is 0.101. The fraction of sp³-hybridized carbons (Fsp3) is 0.444. The minimum atomic E-state index is -3.90. The number of amides is 1. The molecule has 0 bridgehead atoms. The second-order valence-corrected chi connectivity index (χ2v) is 8.12. The molecule has 1 saturated carbocycles. The summed E-state index contributed by atoms with van der Waals surface area (Å²) in [5.41, 5.74) is 0. The highest BCUT2D eigenvalue weighted by Crippen LogP contribution is 2.28.